The smallest absolute Gasteiger partial charge is 0.255 e. The number of carbonyl (C=O) groups is 6. The highest BCUT2D eigenvalue weighted by Crippen LogP contribution is 2.21. The summed E-state index contributed by atoms with van der Waals surface area (Å²) < 4.78 is 0. The van der Waals surface area contributed by atoms with Gasteiger partial charge in [0.2, 0.25) is 29.5 Å². The second-order valence-corrected chi connectivity index (χ2v) is 13.0. The van der Waals surface area contributed by atoms with Crippen LogP contribution in [0.2, 0.25) is 0 Å². The number of rotatable bonds is 6. The predicted molar refractivity (Wildman–Crippen MR) is 190 cm³/mol. The Kier molecular flexibility index (Phi) is 13.3. The highest BCUT2D eigenvalue weighted by molar-refractivity contribution is 6.02. The second kappa shape index (κ2) is 17.8. The summed E-state index contributed by atoms with van der Waals surface area (Å²) >= 11 is 0. The molecule has 0 saturated carbocycles. The number of nitrogens with zero attached hydrogens (tertiary/aromatic N) is 3. The van der Waals surface area contributed by atoms with E-state index in [0.717, 1.165) is 5.56 Å². The number of benzene rings is 2. The van der Waals surface area contributed by atoms with E-state index < -0.39 is 65.5 Å². The van der Waals surface area contributed by atoms with Gasteiger partial charge in [-0.05, 0) is 38.2 Å². The molecule has 1 aliphatic heterocycles. The molecule has 14 nitrogen and oxygen atoms in total. The molecule has 0 unspecified atom stereocenters. The first-order valence-electron chi connectivity index (χ1n) is 17.0. The van der Waals surface area contributed by atoms with Crippen molar-refractivity contribution < 1.29 is 28.8 Å². The quantitative estimate of drug-likeness (QED) is 0.254. The van der Waals surface area contributed by atoms with Crippen molar-refractivity contribution >= 4 is 35.4 Å². The molecule has 4 atom stereocenters. The standard InChI is InChI=1S/C37H46N8O6/c1-22(2)31-36(50)40-23(3)33(47)43-29(19-25-13-8-6-9-14-25)37(51)45(5)21-30(46)38-18-12-17-28(35(49)44-31)42-34(48)27-20-39-24(4)41-32(27)26-15-10-7-11-16-26/h6-11,13-16,20,22-23,28-29,31H,12,17-19,21H2,1-5H3,(H,38,46)(H,40,50)(H,42,48)(H,43,47)(H,44,49)/t23-,28+,29+,31-/m1/s1. The summed E-state index contributed by atoms with van der Waals surface area (Å²) in [6, 6.07) is 13.9. The van der Waals surface area contributed by atoms with Crippen LogP contribution in [0.5, 0.6) is 0 Å². The third-order valence-electron chi connectivity index (χ3n) is 8.47. The Labute approximate surface area is 297 Å². The van der Waals surface area contributed by atoms with E-state index in [2.05, 4.69) is 36.6 Å². The van der Waals surface area contributed by atoms with Crippen molar-refractivity contribution in [2.24, 2.45) is 5.92 Å². The number of aryl methyl sites for hydroxylation is 1. The van der Waals surface area contributed by atoms with Crippen LogP contribution < -0.4 is 26.6 Å². The minimum atomic E-state index is -1.11. The third kappa shape index (κ3) is 10.7. The summed E-state index contributed by atoms with van der Waals surface area (Å²) in [6.07, 6.45) is 1.94. The molecule has 0 radical (unpaired) electrons. The van der Waals surface area contributed by atoms with Crippen LogP contribution in [0.1, 0.15) is 55.4 Å². The van der Waals surface area contributed by atoms with Crippen LogP contribution in [-0.2, 0) is 30.4 Å². The lowest BCUT2D eigenvalue weighted by atomic mass is 10.0. The van der Waals surface area contributed by atoms with Gasteiger partial charge in [0.05, 0.1) is 17.8 Å². The number of nitrogens with one attached hydrogen (secondary N) is 5. The lowest BCUT2D eigenvalue weighted by Gasteiger charge is -2.28. The Morgan fingerprint density at radius 2 is 1.59 bits per heavy atom. The molecule has 6 amide bonds. The Balaban J connectivity index is 1.59. The van der Waals surface area contributed by atoms with Crippen LogP contribution in [0.15, 0.2) is 66.9 Å². The fourth-order valence-corrected chi connectivity index (χ4v) is 5.61. The Morgan fingerprint density at radius 3 is 2.25 bits per heavy atom. The first-order valence-corrected chi connectivity index (χ1v) is 17.0. The first-order chi connectivity index (χ1) is 24.3. The van der Waals surface area contributed by atoms with E-state index in [0.29, 0.717) is 17.1 Å². The lowest BCUT2D eigenvalue weighted by molar-refractivity contribution is -0.139. The number of hydrogen-bond acceptors (Lipinski definition) is 8. The van der Waals surface area contributed by atoms with Crippen LogP contribution in [0.4, 0.5) is 0 Å². The maximum absolute atomic E-state index is 13.8. The summed E-state index contributed by atoms with van der Waals surface area (Å²) in [6.45, 7) is 6.52. The molecule has 270 valence electrons. The summed E-state index contributed by atoms with van der Waals surface area (Å²) in [5.41, 5.74) is 2.03. The normalized spacial score (nSPS) is 21.5. The maximum atomic E-state index is 13.8. The molecule has 3 aromatic rings. The molecular formula is C37H46N8O6. The molecule has 1 saturated heterocycles. The Morgan fingerprint density at radius 1 is 0.922 bits per heavy atom. The van der Waals surface area contributed by atoms with Gasteiger partial charge in [-0.25, -0.2) is 9.97 Å². The van der Waals surface area contributed by atoms with Gasteiger partial charge in [0, 0.05) is 31.8 Å². The minimum absolute atomic E-state index is 0.102. The topological polar surface area (TPSA) is 192 Å². The molecule has 2 heterocycles. The summed E-state index contributed by atoms with van der Waals surface area (Å²) in [4.78, 5) is 90.7. The zero-order valence-electron chi connectivity index (χ0n) is 29.6. The molecule has 14 heteroatoms. The van der Waals surface area contributed by atoms with Gasteiger partial charge in [0.1, 0.15) is 30.0 Å². The van der Waals surface area contributed by atoms with Gasteiger partial charge < -0.3 is 31.5 Å². The van der Waals surface area contributed by atoms with Gasteiger partial charge in [0.25, 0.3) is 5.91 Å². The van der Waals surface area contributed by atoms with Gasteiger partial charge in [-0.2, -0.15) is 0 Å². The fourth-order valence-electron chi connectivity index (χ4n) is 5.61. The zero-order chi connectivity index (χ0) is 37.1. The van der Waals surface area contributed by atoms with Crippen molar-refractivity contribution in [2.75, 3.05) is 20.1 Å². The molecule has 5 N–H and O–H groups in total. The Bertz CT molecular complexity index is 1720. The monoisotopic (exact) mass is 698 g/mol. The molecule has 4 rings (SSSR count). The van der Waals surface area contributed by atoms with Crippen LogP contribution in [0.25, 0.3) is 11.3 Å². The molecule has 1 aliphatic rings. The van der Waals surface area contributed by atoms with Crippen molar-refractivity contribution in [2.45, 2.75) is 71.1 Å². The first kappa shape index (κ1) is 38.1. The second-order valence-electron chi connectivity index (χ2n) is 13.0. The van der Waals surface area contributed by atoms with Gasteiger partial charge in [0.15, 0.2) is 0 Å². The predicted octanol–water partition coefficient (Wildman–Crippen LogP) is 1.29. The van der Waals surface area contributed by atoms with Crippen LogP contribution in [-0.4, -0.2) is 94.6 Å². The van der Waals surface area contributed by atoms with Crippen molar-refractivity contribution in [3.8, 4) is 11.3 Å². The van der Waals surface area contributed by atoms with Crippen LogP contribution in [0, 0.1) is 12.8 Å². The van der Waals surface area contributed by atoms with E-state index in [1.54, 1.807) is 20.8 Å². The van der Waals surface area contributed by atoms with E-state index >= 15 is 0 Å². The summed E-state index contributed by atoms with van der Waals surface area (Å²) in [7, 11) is 1.47. The average Bonchev–Trinajstić information content (AvgIpc) is 3.11. The molecular weight excluding hydrogens is 652 g/mol. The maximum Gasteiger partial charge on any atom is 0.255 e. The van der Waals surface area contributed by atoms with Crippen LogP contribution >= 0.6 is 0 Å². The number of likely N-dealkylation sites (N-methyl/N-ethyl adjacent to an activating group) is 1. The van der Waals surface area contributed by atoms with Crippen molar-refractivity contribution in [1.29, 1.82) is 0 Å². The lowest BCUT2D eigenvalue weighted by Crippen LogP contribution is -2.59. The van der Waals surface area contributed by atoms with E-state index in [9.17, 15) is 28.8 Å². The van der Waals surface area contributed by atoms with Gasteiger partial charge in [-0.3, -0.25) is 28.8 Å². The van der Waals surface area contributed by atoms with Crippen LogP contribution in [0.3, 0.4) is 0 Å². The molecule has 1 fully saturated rings. The van der Waals surface area contributed by atoms with E-state index in [1.807, 2.05) is 60.7 Å². The number of amides is 6. The highest BCUT2D eigenvalue weighted by Gasteiger charge is 2.33. The van der Waals surface area contributed by atoms with Gasteiger partial charge >= 0.3 is 0 Å². The van der Waals surface area contributed by atoms with Crippen molar-refractivity contribution in [3.05, 3.63) is 83.8 Å². The third-order valence-corrected chi connectivity index (χ3v) is 8.47. The fraction of sp³-hybridized carbons (Fsp3) is 0.405. The number of hydrogen-bond donors (Lipinski definition) is 5. The van der Waals surface area contributed by atoms with E-state index in [-0.39, 0.29) is 37.9 Å². The van der Waals surface area contributed by atoms with Crippen molar-refractivity contribution in [3.63, 3.8) is 0 Å². The molecule has 0 spiro atoms. The molecule has 2 aromatic carbocycles. The largest absolute Gasteiger partial charge is 0.355 e. The summed E-state index contributed by atoms with van der Waals surface area (Å²) in [5, 5.41) is 13.7. The SMILES string of the molecule is Cc1ncc(C(=O)N[C@H]2CCCNC(=O)CN(C)C(=O)[C@H](Cc3ccccc3)NC(=O)[C@@H](C)NC(=O)[C@@H](C(C)C)NC2=O)c(-c2ccccc2)n1. The molecule has 1 aromatic heterocycles. The number of carbonyl (C=O) groups excluding carboxylic acids is 6. The van der Waals surface area contributed by atoms with E-state index in [1.165, 1.54) is 25.1 Å². The van der Waals surface area contributed by atoms with Gasteiger partial charge in [-0.15, -0.1) is 0 Å². The molecule has 51 heavy (non-hydrogen) atoms. The van der Waals surface area contributed by atoms with Crippen molar-refractivity contribution in [1.82, 2.24) is 41.5 Å². The van der Waals surface area contributed by atoms with Gasteiger partial charge in [-0.1, -0.05) is 74.5 Å². The zero-order valence-corrected chi connectivity index (χ0v) is 29.6. The Hall–Kier alpha value is -5.66. The average molecular weight is 699 g/mol. The van der Waals surface area contributed by atoms with E-state index in [4.69, 9.17) is 0 Å². The summed E-state index contributed by atoms with van der Waals surface area (Å²) in [5.74, 6) is -3.31. The number of aromatic nitrogens is 2. The molecule has 0 bridgehead atoms. The minimum Gasteiger partial charge on any atom is -0.355 e. The highest BCUT2D eigenvalue weighted by atomic mass is 16.2. The molecule has 0 aliphatic carbocycles.